The summed E-state index contributed by atoms with van der Waals surface area (Å²) in [6.45, 7) is 8.28. The number of hydrogen-bond donors (Lipinski definition) is 0. The Labute approximate surface area is 159 Å². The van der Waals surface area contributed by atoms with Gasteiger partial charge in [-0.15, -0.1) is 0 Å². The van der Waals surface area contributed by atoms with Crippen LogP contribution in [0.15, 0.2) is 48.5 Å². The van der Waals surface area contributed by atoms with Crippen molar-refractivity contribution in [1.82, 2.24) is 4.90 Å². The van der Waals surface area contributed by atoms with Crippen LogP contribution in [0.1, 0.15) is 33.3 Å². The Morgan fingerprint density at radius 1 is 1.12 bits per heavy atom. The van der Waals surface area contributed by atoms with Gasteiger partial charge in [-0.2, -0.15) is 0 Å². The van der Waals surface area contributed by atoms with Crippen molar-refractivity contribution in [1.29, 1.82) is 0 Å². The van der Waals surface area contributed by atoms with Crippen molar-refractivity contribution in [2.45, 2.75) is 45.9 Å². The van der Waals surface area contributed by atoms with Crippen LogP contribution in [0.5, 0.6) is 5.75 Å². The number of carbonyl (C=O) groups excluding carboxylic acids is 1. The zero-order valence-electron chi connectivity index (χ0n) is 14.9. The van der Waals surface area contributed by atoms with Gasteiger partial charge in [0.15, 0.2) is 6.10 Å². The maximum absolute atomic E-state index is 13.0. The molecule has 0 aromatic heterocycles. The molecule has 134 valence electrons. The molecule has 1 amide bonds. The van der Waals surface area contributed by atoms with Crippen molar-refractivity contribution in [3.8, 4) is 5.75 Å². The third-order valence-corrected chi connectivity index (χ3v) is 4.34. The van der Waals surface area contributed by atoms with Crippen molar-refractivity contribution in [3.63, 3.8) is 0 Å². The molecule has 0 aliphatic rings. The fourth-order valence-corrected chi connectivity index (χ4v) is 2.90. The van der Waals surface area contributed by atoms with Crippen LogP contribution < -0.4 is 4.74 Å². The van der Waals surface area contributed by atoms with Crippen LogP contribution in [-0.4, -0.2) is 22.4 Å². The van der Waals surface area contributed by atoms with Gasteiger partial charge in [0.25, 0.3) is 5.91 Å². The molecule has 2 rings (SSSR count). The van der Waals surface area contributed by atoms with Crippen molar-refractivity contribution in [2.75, 3.05) is 0 Å². The number of halogens is 2. The molecular weight excluding hydrogens is 357 g/mol. The first kappa shape index (κ1) is 19.6. The van der Waals surface area contributed by atoms with Crippen LogP contribution in [-0.2, 0) is 11.3 Å². The summed E-state index contributed by atoms with van der Waals surface area (Å²) in [7, 11) is 0. The lowest BCUT2D eigenvalue weighted by Crippen LogP contribution is -2.50. The van der Waals surface area contributed by atoms with Crippen molar-refractivity contribution >= 4 is 29.1 Å². The number of ether oxygens (including phenoxy) is 1. The van der Waals surface area contributed by atoms with E-state index in [-0.39, 0.29) is 11.4 Å². The molecular formula is C20H23Cl2NO2. The Bertz CT molecular complexity index is 726. The molecule has 0 heterocycles. The van der Waals surface area contributed by atoms with E-state index in [1.165, 1.54) is 0 Å². The van der Waals surface area contributed by atoms with Gasteiger partial charge in [-0.05, 0) is 51.5 Å². The van der Waals surface area contributed by atoms with E-state index in [0.29, 0.717) is 22.3 Å². The summed E-state index contributed by atoms with van der Waals surface area (Å²) in [5.41, 5.74) is 0.733. The van der Waals surface area contributed by atoms with Crippen LogP contribution in [0.4, 0.5) is 0 Å². The van der Waals surface area contributed by atoms with E-state index in [4.69, 9.17) is 27.9 Å². The van der Waals surface area contributed by atoms with Gasteiger partial charge in [-0.1, -0.05) is 53.5 Å². The van der Waals surface area contributed by atoms with Gasteiger partial charge in [-0.25, -0.2) is 0 Å². The van der Waals surface area contributed by atoms with Gasteiger partial charge in [0.05, 0.1) is 5.02 Å². The predicted molar refractivity (Wildman–Crippen MR) is 103 cm³/mol. The zero-order chi connectivity index (χ0) is 18.6. The number of nitrogens with zero attached hydrogens (tertiary/aromatic N) is 1. The average Bonchev–Trinajstić information content (AvgIpc) is 2.54. The second kappa shape index (κ2) is 8.11. The lowest BCUT2D eigenvalue weighted by molar-refractivity contribution is -0.143. The van der Waals surface area contributed by atoms with E-state index in [1.807, 2.05) is 56.0 Å². The van der Waals surface area contributed by atoms with Gasteiger partial charge < -0.3 is 9.64 Å². The molecule has 0 bridgehead atoms. The predicted octanol–water partition coefficient (Wildman–Crippen LogP) is 5.59. The van der Waals surface area contributed by atoms with Gasteiger partial charge in [0.1, 0.15) is 5.75 Å². The van der Waals surface area contributed by atoms with Crippen molar-refractivity contribution < 1.29 is 9.53 Å². The maximum Gasteiger partial charge on any atom is 0.264 e. The first-order valence-corrected chi connectivity index (χ1v) is 8.91. The molecule has 0 N–H and O–H groups in total. The van der Waals surface area contributed by atoms with E-state index >= 15 is 0 Å². The quantitative estimate of drug-likeness (QED) is 0.677. The van der Waals surface area contributed by atoms with Crippen molar-refractivity contribution in [3.05, 3.63) is 64.1 Å². The van der Waals surface area contributed by atoms with Gasteiger partial charge in [-0.3, -0.25) is 4.79 Å². The number of rotatable bonds is 5. The Balaban J connectivity index is 2.17. The normalized spacial score (nSPS) is 12.6. The Hall–Kier alpha value is -1.71. The summed E-state index contributed by atoms with van der Waals surface area (Å²) in [5, 5.41) is 0.911. The molecule has 0 aliphatic carbocycles. The van der Waals surface area contributed by atoms with Crippen LogP contribution in [0, 0.1) is 0 Å². The SMILES string of the molecule is CC(Oc1ccc(Cl)cc1Cl)C(=O)N(Cc1ccccc1)C(C)(C)C. The largest absolute Gasteiger partial charge is 0.479 e. The summed E-state index contributed by atoms with van der Waals surface area (Å²) in [6, 6.07) is 14.9. The Kier molecular flexibility index (Phi) is 6.36. The minimum Gasteiger partial charge on any atom is -0.479 e. The highest BCUT2D eigenvalue weighted by Crippen LogP contribution is 2.29. The lowest BCUT2D eigenvalue weighted by Gasteiger charge is -2.37. The second-order valence-corrected chi connectivity index (χ2v) is 7.76. The fraction of sp³-hybridized carbons (Fsp3) is 0.350. The summed E-state index contributed by atoms with van der Waals surface area (Å²) in [5.74, 6) is 0.350. The molecule has 3 nitrogen and oxygen atoms in total. The highest BCUT2D eigenvalue weighted by atomic mass is 35.5. The summed E-state index contributed by atoms with van der Waals surface area (Å²) < 4.78 is 5.79. The van der Waals surface area contributed by atoms with E-state index < -0.39 is 6.10 Å². The minimum atomic E-state index is -0.665. The molecule has 0 fully saturated rings. The lowest BCUT2D eigenvalue weighted by atomic mass is 10.0. The van der Waals surface area contributed by atoms with E-state index in [9.17, 15) is 4.79 Å². The zero-order valence-corrected chi connectivity index (χ0v) is 16.4. The molecule has 1 unspecified atom stereocenters. The number of carbonyl (C=O) groups is 1. The van der Waals surface area contributed by atoms with E-state index in [0.717, 1.165) is 5.56 Å². The third-order valence-electron chi connectivity index (χ3n) is 3.80. The van der Waals surface area contributed by atoms with Crippen LogP contribution in [0.25, 0.3) is 0 Å². The number of benzene rings is 2. The average molecular weight is 380 g/mol. The van der Waals surface area contributed by atoms with Crippen molar-refractivity contribution in [2.24, 2.45) is 0 Å². The standard InChI is InChI=1S/C20H23Cl2NO2/c1-14(25-18-11-10-16(21)12-17(18)22)19(24)23(20(2,3)4)13-15-8-6-5-7-9-15/h5-12,14H,13H2,1-4H3. The second-order valence-electron chi connectivity index (χ2n) is 6.92. The summed E-state index contributed by atoms with van der Waals surface area (Å²) in [6.07, 6.45) is -0.665. The van der Waals surface area contributed by atoms with Crippen LogP contribution >= 0.6 is 23.2 Å². The first-order valence-electron chi connectivity index (χ1n) is 8.15. The number of hydrogen-bond acceptors (Lipinski definition) is 2. The van der Waals surface area contributed by atoms with Gasteiger partial charge in [0.2, 0.25) is 0 Å². The molecule has 5 heteroatoms. The van der Waals surface area contributed by atoms with Gasteiger partial charge >= 0.3 is 0 Å². The monoisotopic (exact) mass is 379 g/mol. The molecule has 0 spiro atoms. The molecule has 2 aromatic carbocycles. The third kappa shape index (κ3) is 5.38. The smallest absolute Gasteiger partial charge is 0.264 e. The summed E-state index contributed by atoms with van der Waals surface area (Å²) >= 11 is 12.0. The Morgan fingerprint density at radius 3 is 2.32 bits per heavy atom. The highest BCUT2D eigenvalue weighted by molar-refractivity contribution is 6.35. The highest BCUT2D eigenvalue weighted by Gasteiger charge is 2.31. The first-order chi connectivity index (χ1) is 11.7. The minimum absolute atomic E-state index is 0.0950. The molecule has 0 radical (unpaired) electrons. The summed E-state index contributed by atoms with van der Waals surface area (Å²) in [4.78, 5) is 14.8. The molecule has 1 atom stereocenters. The molecule has 0 saturated heterocycles. The molecule has 25 heavy (non-hydrogen) atoms. The van der Waals surface area contributed by atoms with E-state index in [1.54, 1.807) is 25.1 Å². The maximum atomic E-state index is 13.0. The van der Waals surface area contributed by atoms with Gasteiger partial charge in [0, 0.05) is 17.1 Å². The Morgan fingerprint density at radius 2 is 1.76 bits per heavy atom. The number of amides is 1. The molecule has 2 aromatic rings. The molecule has 0 aliphatic heterocycles. The molecule has 0 saturated carbocycles. The fourth-order valence-electron chi connectivity index (χ4n) is 2.44. The topological polar surface area (TPSA) is 29.5 Å². The van der Waals surface area contributed by atoms with Crippen LogP contribution in [0.3, 0.4) is 0 Å². The van der Waals surface area contributed by atoms with Crippen LogP contribution in [0.2, 0.25) is 10.0 Å². The van der Waals surface area contributed by atoms with E-state index in [2.05, 4.69) is 0 Å².